The number of morpholine rings is 1. The molecular weight excluding hydrogens is 466 g/mol. The number of anilines is 1. The first kappa shape index (κ1) is 24.7. The lowest BCUT2D eigenvalue weighted by atomic mass is 9.89. The second-order valence-electron chi connectivity index (χ2n) is 9.11. The Balaban J connectivity index is 1.86. The largest absolute Gasteiger partial charge is 0.497 e. The molecule has 0 radical (unpaired) electrons. The molecule has 0 aliphatic carbocycles. The van der Waals surface area contributed by atoms with E-state index in [9.17, 15) is 4.79 Å². The monoisotopic (exact) mass is 497 g/mol. The van der Waals surface area contributed by atoms with Crippen molar-refractivity contribution in [3.05, 3.63) is 72.3 Å². The van der Waals surface area contributed by atoms with E-state index >= 15 is 0 Å². The Morgan fingerprint density at radius 3 is 2.27 bits per heavy atom. The number of hydrogen-bond acceptors (Lipinski definition) is 6. The van der Waals surface area contributed by atoms with Crippen molar-refractivity contribution in [3.63, 3.8) is 0 Å². The molecule has 0 saturated carbocycles. The molecule has 37 heavy (non-hydrogen) atoms. The smallest absolute Gasteiger partial charge is 0.308 e. The first-order valence-electron chi connectivity index (χ1n) is 12.4. The van der Waals surface area contributed by atoms with Gasteiger partial charge in [-0.25, -0.2) is 0 Å². The van der Waals surface area contributed by atoms with Gasteiger partial charge in [0.15, 0.2) is 0 Å². The normalized spacial score (nSPS) is 13.5. The third-order valence-electron chi connectivity index (χ3n) is 6.78. The number of hydrogen-bond donors (Lipinski definition) is 0. The number of rotatable bonds is 6. The Hall–Kier alpha value is -4.03. The minimum absolute atomic E-state index is 0.353. The van der Waals surface area contributed by atoms with Crippen LogP contribution in [0.1, 0.15) is 12.5 Å². The van der Waals surface area contributed by atoms with Gasteiger partial charge in [-0.3, -0.25) is 4.79 Å². The number of benzene rings is 4. The van der Waals surface area contributed by atoms with E-state index in [0.29, 0.717) is 24.7 Å². The third kappa shape index (κ3) is 4.85. The quantitative estimate of drug-likeness (QED) is 0.231. The molecule has 0 bridgehead atoms. The van der Waals surface area contributed by atoms with E-state index < -0.39 is 0 Å². The number of ether oxygens (including phenoxy) is 4. The zero-order valence-electron chi connectivity index (χ0n) is 21.7. The molecule has 0 amide bonds. The molecule has 5 rings (SSSR count). The van der Waals surface area contributed by atoms with Gasteiger partial charge in [-0.1, -0.05) is 30.3 Å². The lowest BCUT2D eigenvalue weighted by Crippen LogP contribution is -2.36. The highest BCUT2D eigenvalue weighted by atomic mass is 16.5. The predicted octanol–water partition coefficient (Wildman–Crippen LogP) is 6.26. The fraction of sp³-hybridized carbons (Fsp3) is 0.258. The van der Waals surface area contributed by atoms with Crippen LogP contribution >= 0.6 is 0 Å². The van der Waals surface area contributed by atoms with Gasteiger partial charge < -0.3 is 23.8 Å². The number of carbonyl (C=O) groups excluding carboxylic acids is 1. The molecule has 4 aromatic rings. The summed E-state index contributed by atoms with van der Waals surface area (Å²) in [5.74, 6) is 1.62. The lowest BCUT2D eigenvalue weighted by molar-refractivity contribution is -0.131. The van der Waals surface area contributed by atoms with Gasteiger partial charge in [-0.2, -0.15) is 0 Å². The van der Waals surface area contributed by atoms with Crippen LogP contribution in [0.5, 0.6) is 17.2 Å². The molecule has 1 aliphatic rings. The van der Waals surface area contributed by atoms with E-state index in [4.69, 9.17) is 18.9 Å². The second-order valence-corrected chi connectivity index (χ2v) is 9.11. The van der Waals surface area contributed by atoms with E-state index in [2.05, 4.69) is 36.1 Å². The lowest BCUT2D eigenvalue weighted by Gasteiger charge is -2.32. The summed E-state index contributed by atoms with van der Waals surface area (Å²) in [7, 11) is 3.30. The van der Waals surface area contributed by atoms with Gasteiger partial charge in [0, 0.05) is 48.3 Å². The van der Waals surface area contributed by atoms with Gasteiger partial charge in [-0.15, -0.1) is 0 Å². The summed E-state index contributed by atoms with van der Waals surface area (Å²) >= 11 is 0. The topological polar surface area (TPSA) is 57.2 Å². The molecule has 0 aromatic heterocycles. The standard InChI is InChI=1S/C31H31NO5/c1-20-16-30(37-21(2)33)26-18-25(24-11-10-23(34-3)17-29(24)35-4)28(32-12-14-36-15-13-32)19-27(26)31(20)22-8-6-5-7-9-22/h5-11,16-19H,12-15H2,1-4H3. The molecule has 1 heterocycles. The van der Waals surface area contributed by atoms with Crippen LogP contribution in [-0.2, 0) is 9.53 Å². The average Bonchev–Trinajstić information content (AvgIpc) is 2.93. The molecule has 1 saturated heterocycles. The number of esters is 1. The second kappa shape index (κ2) is 10.5. The Morgan fingerprint density at radius 1 is 0.838 bits per heavy atom. The summed E-state index contributed by atoms with van der Waals surface area (Å²) < 4.78 is 22.6. The van der Waals surface area contributed by atoms with Gasteiger partial charge in [0.1, 0.15) is 17.2 Å². The highest BCUT2D eigenvalue weighted by Gasteiger charge is 2.23. The van der Waals surface area contributed by atoms with Crippen LogP contribution in [0.25, 0.3) is 33.0 Å². The molecule has 6 nitrogen and oxygen atoms in total. The van der Waals surface area contributed by atoms with Gasteiger partial charge in [0.25, 0.3) is 0 Å². The van der Waals surface area contributed by atoms with E-state index in [1.165, 1.54) is 6.92 Å². The van der Waals surface area contributed by atoms with Crippen molar-refractivity contribution in [2.24, 2.45) is 0 Å². The van der Waals surface area contributed by atoms with Crippen molar-refractivity contribution >= 4 is 22.4 Å². The summed E-state index contributed by atoms with van der Waals surface area (Å²) in [5.41, 5.74) is 6.28. The molecule has 0 spiro atoms. The minimum atomic E-state index is -0.353. The maximum atomic E-state index is 12.1. The molecular formula is C31H31NO5. The Bertz CT molecular complexity index is 1440. The van der Waals surface area contributed by atoms with Gasteiger partial charge in [0.05, 0.1) is 27.4 Å². The summed E-state index contributed by atoms with van der Waals surface area (Å²) in [5, 5.41) is 1.89. The SMILES string of the molecule is COc1ccc(-c2cc3c(OC(C)=O)cc(C)c(-c4ccccc4)c3cc2N2CCOCC2)c(OC)c1. The summed E-state index contributed by atoms with van der Waals surface area (Å²) in [4.78, 5) is 14.4. The van der Waals surface area contributed by atoms with Crippen molar-refractivity contribution in [2.75, 3.05) is 45.4 Å². The van der Waals surface area contributed by atoms with Crippen molar-refractivity contribution in [2.45, 2.75) is 13.8 Å². The summed E-state index contributed by atoms with van der Waals surface area (Å²) in [6, 6.07) is 22.5. The highest BCUT2D eigenvalue weighted by Crippen LogP contribution is 2.46. The molecule has 4 aromatic carbocycles. The van der Waals surface area contributed by atoms with Crippen LogP contribution in [-0.4, -0.2) is 46.5 Å². The molecule has 0 N–H and O–H groups in total. The van der Waals surface area contributed by atoms with Crippen LogP contribution in [0.15, 0.2) is 66.7 Å². The van der Waals surface area contributed by atoms with Gasteiger partial charge in [0.2, 0.25) is 0 Å². The maximum Gasteiger partial charge on any atom is 0.308 e. The number of fused-ring (bicyclic) bond motifs is 1. The molecule has 6 heteroatoms. The zero-order chi connectivity index (χ0) is 25.9. The number of aryl methyl sites for hydroxylation is 1. The van der Waals surface area contributed by atoms with E-state index in [1.54, 1.807) is 14.2 Å². The fourth-order valence-electron chi connectivity index (χ4n) is 5.09. The van der Waals surface area contributed by atoms with Crippen molar-refractivity contribution in [1.82, 2.24) is 0 Å². The summed E-state index contributed by atoms with van der Waals surface area (Å²) in [6.45, 7) is 6.37. The van der Waals surface area contributed by atoms with Crippen LogP contribution in [0, 0.1) is 6.92 Å². The van der Waals surface area contributed by atoms with E-state index in [1.807, 2.05) is 42.5 Å². The molecule has 1 aliphatic heterocycles. The van der Waals surface area contributed by atoms with Crippen molar-refractivity contribution < 1.29 is 23.7 Å². The van der Waals surface area contributed by atoms with Gasteiger partial charge >= 0.3 is 5.97 Å². The Morgan fingerprint density at radius 2 is 1.59 bits per heavy atom. The van der Waals surface area contributed by atoms with Crippen LogP contribution in [0.4, 0.5) is 5.69 Å². The zero-order valence-corrected chi connectivity index (χ0v) is 21.7. The van der Waals surface area contributed by atoms with Crippen LogP contribution < -0.4 is 19.1 Å². The number of carbonyl (C=O) groups is 1. The van der Waals surface area contributed by atoms with Gasteiger partial charge in [-0.05, 0) is 59.3 Å². The first-order valence-corrected chi connectivity index (χ1v) is 12.4. The number of nitrogens with zero attached hydrogens (tertiary/aromatic N) is 1. The van der Waals surface area contributed by atoms with E-state index in [0.717, 1.165) is 63.1 Å². The van der Waals surface area contributed by atoms with Crippen molar-refractivity contribution in [3.8, 4) is 39.5 Å². The third-order valence-corrected chi connectivity index (χ3v) is 6.78. The number of methoxy groups -OCH3 is 2. The Labute approximate surface area is 217 Å². The minimum Gasteiger partial charge on any atom is -0.497 e. The highest BCUT2D eigenvalue weighted by molar-refractivity contribution is 6.07. The van der Waals surface area contributed by atoms with E-state index in [-0.39, 0.29) is 5.97 Å². The first-order chi connectivity index (χ1) is 18.0. The molecule has 0 unspecified atom stereocenters. The summed E-state index contributed by atoms with van der Waals surface area (Å²) in [6.07, 6.45) is 0. The molecule has 0 atom stereocenters. The van der Waals surface area contributed by atoms with Crippen molar-refractivity contribution in [1.29, 1.82) is 0 Å². The maximum absolute atomic E-state index is 12.1. The van der Waals surface area contributed by atoms with Crippen LogP contribution in [0.2, 0.25) is 0 Å². The molecule has 1 fully saturated rings. The fourth-order valence-corrected chi connectivity index (χ4v) is 5.09. The average molecular weight is 498 g/mol. The Kier molecular flexibility index (Phi) is 7.01. The van der Waals surface area contributed by atoms with Crippen LogP contribution in [0.3, 0.4) is 0 Å². The predicted molar refractivity (Wildman–Crippen MR) is 147 cm³/mol. The molecule has 190 valence electrons.